The van der Waals surface area contributed by atoms with Gasteiger partial charge < -0.3 is 14.5 Å². The number of fused-ring (bicyclic) bond motifs is 2. The minimum absolute atomic E-state index is 0.0548. The van der Waals surface area contributed by atoms with Crippen molar-refractivity contribution in [1.29, 1.82) is 0 Å². The van der Waals surface area contributed by atoms with Crippen LogP contribution in [0.4, 0.5) is 19.0 Å². The molecule has 1 unspecified atom stereocenters. The summed E-state index contributed by atoms with van der Waals surface area (Å²) in [4.78, 5) is 14.9. The molecule has 6 nitrogen and oxygen atoms in total. The smallest absolute Gasteiger partial charge is 0.381 e. The van der Waals surface area contributed by atoms with Gasteiger partial charge in [-0.05, 0) is 48.8 Å². The minimum atomic E-state index is -4.49. The Labute approximate surface area is 189 Å². The van der Waals surface area contributed by atoms with E-state index in [-0.39, 0.29) is 28.9 Å². The van der Waals surface area contributed by atoms with Crippen molar-refractivity contribution in [3.63, 3.8) is 0 Å². The number of rotatable bonds is 5. The van der Waals surface area contributed by atoms with Gasteiger partial charge >= 0.3 is 6.18 Å². The van der Waals surface area contributed by atoms with Crippen LogP contribution in [0.5, 0.6) is 0 Å². The number of alkyl halides is 3. The van der Waals surface area contributed by atoms with Crippen molar-refractivity contribution in [2.75, 3.05) is 19.8 Å². The van der Waals surface area contributed by atoms with E-state index in [1.54, 1.807) is 6.21 Å². The number of nitrogens with one attached hydrogen (secondary N) is 1. The Morgan fingerprint density at radius 3 is 2.79 bits per heavy atom. The number of H-pyrrole nitrogens is 1. The molecular weight excluding hydrogens is 433 g/mol. The fraction of sp³-hybridized carbons (Fsp3) is 0.458. The van der Waals surface area contributed by atoms with E-state index in [0.29, 0.717) is 12.5 Å². The maximum absolute atomic E-state index is 13.1. The second kappa shape index (κ2) is 9.23. The van der Waals surface area contributed by atoms with Crippen LogP contribution in [0.25, 0.3) is 11.0 Å². The molecule has 5 rings (SSSR count). The Balaban J connectivity index is 1.42. The van der Waals surface area contributed by atoms with Crippen LogP contribution in [-0.4, -0.2) is 47.1 Å². The van der Waals surface area contributed by atoms with Crippen molar-refractivity contribution in [3.8, 4) is 0 Å². The Morgan fingerprint density at radius 1 is 1.15 bits per heavy atom. The summed E-state index contributed by atoms with van der Waals surface area (Å²) in [6.07, 6.45) is 2.22. The minimum Gasteiger partial charge on any atom is -0.381 e. The third-order valence-electron chi connectivity index (χ3n) is 6.47. The van der Waals surface area contributed by atoms with Crippen LogP contribution in [0.1, 0.15) is 42.0 Å². The highest BCUT2D eigenvalue weighted by molar-refractivity contribution is 5.88. The zero-order chi connectivity index (χ0) is 22.8. The Bertz CT molecular complexity index is 1140. The van der Waals surface area contributed by atoms with Gasteiger partial charge in [-0.25, -0.2) is 15.0 Å². The van der Waals surface area contributed by atoms with E-state index in [9.17, 15) is 13.2 Å². The van der Waals surface area contributed by atoms with Crippen molar-refractivity contribution in [2.24, 2.45) is 10.9 Å². The molecule has 9 heteroatoms. The predicted molar refractivity (Wildman–Crippen MR) is 118 cm³/mol. The first-order valence-electron chi connectivity index (χ1n) is 11.2. The van der Waals surface area contributed by atoms with Crippen molar-refractivity contribution < 1.29 is 22.6 Å². The van der Waals surface area contributed by atoms with E-state index in [2.05, 4.69) is 32.1 Å². The number of ether oxygens (including phenoxy) is 2. The molecule has 33 heavy (non-hydrogen) atoms. The van der Waals surface area contributed by atoms with Crippen molar-refractivity contribution in [3.05, 3.63) is 53.5 Å². The summed E-state index contributed by atoms with van der Waals surface area (Å²) in [6.45, 7) is 2.21. The van der Waals surface area contributed by atoms with E-state index < -0.39 is 11.9 Å². The van der Waals surface area contributed by atoms with E-state index in [1.165, 1.54) is 11.9 Å². The summed E-state index contributed by atoms with van der Waals surface area (Å²) in [6, 6.07) is 9.20. The maximum Gasteiger partial charge on any atom is 0.431 e. The summed E-state index contributed by atoms with van der Waals surface area (Å²) < 4.78 is 51.3. The number of halogens is 3. The monoisotopic (exact) mass is 458 g/mol. The van der Waals surface area contributed by atoms with Gasteiger partial charge in [0.2, 0.25) is 0 Å². The van der Waals surface area contributed by atoms with Crippen LogP contribution in [-0.2, 0) is 22.1 Å². The molecule has 1 saturated heterocycles. The summed E-state index contributed by atoms with van der Waals surface area (Å²) in [5, 5.41) is 0.241. The number of aromatic nitrogens is 3. The quantitative estimate of drug-likeness (QED) is 0.532. The summed E-state index contributed by atoms with van der Waals surface area (Å²) >= 11 is 0. The fourth-order valence-corrected chi connectivity index (χ4v) is 4.63. The van der Waals surface area contributed by atoms with Gasteiger partial charge in [0.1, 0.15) is 17.7 Å². The van der Waals surface area contributed by atoms with Crippen LogP contribution < -0.4 is 0 Å². The highest BCUT2D eigenvalue weighted by Crippen LogP contribution is 2.36. The molecule has 2 aromatic heterocycles. The molecule has 1 aromatic carbocycles. The first-order chi connectivity index (χ1) is 16.0. The molecule has 3 heterocycles. The maximum atomic E-state index is 13.1. The second-order valence-electron chi connectivity index (χ2n) is 8.61. The van der Waals surface area contributed by atoms with Crippen LogP contribution in [0.15, 0.2) is 41.7 Å². The lowest BCUT2D eigenvalue weighted by molar-refractivity contribution is -0.140. The summed E-state index contributed by atoms with van der Waals surface area (Å²) in [7, 11) is 0. The van der Waals surface area contributed by atoms with Gasteiger partial charge in [-0.1, -0.05) is 24.3 Å². The van der Waals surface area contributed by atoms with E-state index in [4.69, 9.17) is 9.47 Å². The molecule has 2 aliphatic rings. The average molecular weight is 458 g/mol. The Hall–Kier alpha value is -2.78. The largest absolute Gasteiger partial charge is 0.431 e. The van der Waals surface area contributed by atoms with Crippen LogP contribution in [0.3, 0.4) is 0 Å². The zero-order valence-electron chi connectivity index (χ0n) is 18.0. The van der Waals surface area contributed by atoms with E-state index in [0.717, 1.165) is 50.5 Å². The number of hydrogen-bond donors (Lipinski definition) is 1. The SMILES string of the molecule is FC(F)(F)c1cc2c(N=CC3c4ccccc4CC[C@@H]3OCC3CCOCC3)ncnc2[nH]1. The third-order valence-corrected chi connectivity index (χ3v) is 6.47. The molecule has 3 aromatic rings. The van der Waals surface area contributed by atoms with Gasteiger partial charge in [-0.3, -0.25) is 0 Å². The molecule has 0 radical (unpaired) electrons. The summed E-state index contributed by atoms with van der Waals surface area (Å²) in [5.74, 6) is 0.578. The predicted octanol–water partition coefficient (Wildman–Crippen LogP) is 5.22. The molecule has 1 aliphatic carbocycles. The molecule has 0 amide bonds. The van der Waals surface area contributed by atoms with Crippen molar-refractivity contribution in [2.45, 2.75) is 43.9 Å². The topological polar surface area (TPSA) is 72.4 Å². The number of aromatic amines is 1. The number of hydrogen-bond acceptors (Lipinski definition) is 5. The number of nitrogens with zero attached hydrogens (tertiary/aromatic N) is 3. The zero-order valence-corrected chi connectivity index (χ0v) is 18.0. The molecule has 1 N–H and O–H groups in total. The Kier molecular flexibility index (Phi) is 6.16. The standard InChI is InChI=1S/C24H25F3N4O2/c25-24(26,27)21-11-18-22(29-14-30-23(18)31-21)28-12-19-17-4-2-1-3-16(17)5-6-20(19)33-13-15-7-9-32-10-8-15/h1-4,11-12,14-15,19-20H,5-10,13H2,(H,29,30,31)/t19?,20-/m0/s1. The molecule has 0 saturated carbocycles. The molecule has 0 bridgehead atoms. The van der Waals surface area contributed by atoms with Crippen LogP contribution in [0.2, 0.25) is 0 Å². The normalized spacial score (nSPS) is 22.2. The molecule has 0 spiro atoms. The third kappa shape index (κ3) is 4.79. The van der Waals surface area contributed by atoms with Crippen LogP contribution in [0, 0.1) is 5.92 Å². The number of aryl methyl sites for hydroxylation is 1. The lowest BCUT2D eigenvalue weighted by Gasteiger charge is -2.33. The van der Waals surface area contributed by atoms with E-state index in [1.807, 2.05) is 12.1 Å². The average Bonchev–Trinajstić information content (AvgIpc) is 3.28. The lowest BCUT2D eigenvalue weighted by atomic mass is 9.81. The first kappa shape index (κ1) is 22.0. The van der Waals surface area contributed by atoms with Gasteiger partial charge in [0, 0.05) is 32.0 Å². The molecule has 2 atom stereocenters. The highest BCUT2D eigenvalue weighted by atomic mass is 19.4. The fourth-order valence-electron chi connectivity index (χ4n) is 4.63. The first-order valence-corrected chi connectivity index (χ1v) is 11.2. The number of aliphatic imine (C=N–C) groups is 1. The van der Waals surface area contributed by atoms with Gasteiger partial charge in [-0.15, -0.1) is 0 Å². The van der Waals surface area contributed by atoms with Crippen molar-refractivity contribution >= 4 is 23.1 Å². The molecular formula is C24H25F3N4O2. The second-order valence-corrected chi connectivity index (χ2v) is 8.61. The van der Waals surface area contributed by atoms with Gasteiger partial charge in [0.25, 0.3) is 0 Å². The number of benzene rings is 1. The highest BCUT2D eigenvalue weighted by Gasteiger charge is 2.33. The van der Waals surface area contributed by atoms with Crippen molar-refractivity contribution in [1.82, 2.24) is 15.0 Å². The molecule has 174 valence electrons. The summed E-state index contributed by atoms with van der Waals surface area (Å²) in [5.41, 5.74) is 1.63. The van der Waals surface area contributed by atoms with Gasteiger partial charge in [-0.2, -0.15) is 13.2 Å². The Morgan fingerprint density at radius 2 is 1.97 bits per heavy atom. The molecule has 1 aliphatic heterocycles. The van der Waals surface area contributed by atoms with Gasteiger partial charge in [0.15, 0.2) is 5.82 Å². The lowest BCUT2D eigenvalue weighted by Crippen LogP contribution is -2.32. The molecule has 1 fully saturated rings. The van der Waals surface area contributed by atoms with E-state index >= 15 is 0 Å². The van der Waals surface area contributed by atoms with Gasteiger partial charge in [0.05, 0.1) is 11.5 Å². The van der Waals surface area contributed by atoms with Crippen LogP contribution >= 0.6 is 0 Å².